The van der Waals surface area contributed by atoms with Crippen molar-refractivity contribution in [3.05, 3.63) is 94.2 Å². The van der Waals surface area contributed by atoms with Crippen LogP contribution in [-0.4, -0.2) is 37.4 Å². The smallest absolute Gasteiger partial charge is 0.139 e. The molecule has 4 rings (SSSR count). The molecule has 2 aromatic carbocycles. The fraction of sp³-hybridized carbons (Fsp3) is 0.227. The Bertz CT molecular complexity index is 768. The van der Waals surface area contributed by atoms with Gasteiger partial charge in [-0.2, -0.15) is 5.10 Å². The van der Waals surface area contributed by atoms with Crippen molar-refractivity contribution in [3.63, 3.8) is 0 Å². The molecule has 0 spiro atoms. The normalized spacial score (nSPS) is 15.8. The van der Waals surface area contributed by atoms with E-state index in [9.17, 15) is 0 Å². The average Bonchev–Trinajstić information content (AvgIpc) is 3.23. The van der Waals surface area contributed by atoms with Crippen LogP contribution in [0.5, 0.6) is 0 Å². The van der Waals surface area contributed by atoms with Crippen LogP contribution in [-0.2, 0) is 0 Å². The van der Waals surface area contributed by atoms with Gasteiger partial charge in [0.15, 0.2) is 0 Å². The first-order chi connectivity index (χ1) is 12.9. The van der Waals surface area contributed by atoms with Crippen molar-refractivity contribution in [2.45, 2.75) is 6.04 Å². The van der Waals surface area contributed by atoms with Crippen molar-refractivity contribution in [2.75, 3.05) is 26.2 Å². The number of benzene rings is 2. The fourth-order valence-electron chi connectivity index (χ4n) is 3.64. The minimum Gasteiger partial charge on any atom is -0.322 e. The number of rotatable bonds is 5. The van der Waals surface area contributed by atoms with Gasteiger partial charge in [-0.15, -0.1) is 11.3 Å². The summed E-state index contributed by atoms with van der Waals surface area (Å²) < 4.78 is 0. The molecule has 1 N–H and O–H groups in total. The van der Waals surface area contributed by atoms with Gasteiger partial charge in [-0.25, -0.2) is 0 Å². The Balaban J connectivity index is 1.48. The van der Waals surface area contributed by atoms with Crippen molar-refractivity contribution in [3.8, 4) is 0 Å². The van der Waals surface area contributed by atoms with Crippen molar-refractivity contribution in [1.82, 2.24) is 5.01 Å². The summed E-state index contributed by atoms with van der Waals surface area (Å²) in [7, 11) is 0. The molecule has 1 fully saturated rings. The molecule has 0 radical (unpaired) electrons. The molecule has 2 heterocycles. The molecule has 0 saturated carbocycles. The van der Waals surface area contributed by atoms with Crippen LogP contribution in [0.4, 0.5) is 0 Å². The zero-order valence-corrected chi connectivity index (χ0v) is 15.6. The van der Waals surface area contributed by atoms with Crippen molar-refractivity contribution >= 4 is 17.6 Å². The number of hydrazone groups is 1. The molecule has 1 aliphatic rings. The van der Waals surface area contributed by atoms with Crippen molar-refractivity contribution < 1.29 is 4.90 Å². The van der Waals surface area contributed by atoms with Crippen LogP contribution < -0.4 is 4.90 Å². The molecule has 1 aliphatic heterocycles. The van der Waals surface area contributed by atoms with Gasteiger partial charge in [0.25, 0.3) is 0 Å². The molecular formula is C22H24N3S+. The molecule has 4 heteroatoms. The zero-order chi connectivity index (χ0) is 17.6. The van der Waals surface area contributed by atoms with Gasteiger partial charge in [0, 0.05) is 16.0 Å². The summed E-state index contributed by atoms with van der Waals surface area (Å²) >= 11 is 1.73. The Kier molecular flexibility index (Phi) is 5.43. The predicted octanol–water partition coefficient (Wildman–Crippen LogP) is 3.07. The lowest BCUT2D eigenvalue weighted by Gasteiger charge is -2.35. The summed E-state index contributed by atoms with van der Waals surface area (Å²) in [5.74, 6) is 0. The Morgan fingerprint density at radius 3 is 2.00 bits per heavy atom. The summed E-state index contributed by atoms with van der Waals surface area (Å²) in [6, 6.07) is 26.4. The van der Waals surface area contributed by atoms with Gasteiger partial charge in [-0.05, 0) is 11.4 Å². The monoisotopic (exact) mass is 362 g/mol. The van der Waals surface area contributed by atoms with E-state index in [1.54, 1.807) is 16.2 Å². The van der Waals surface area contributed by atoms with E-state index in [1.165, 1.54) is 16.0 Å². The maximum absolute atomic E-state index is 4.67. The fourth-order valence-corrected chi connectivity index (χ4v) is 4.22. The minimum absolute atomic E-state index is 0.390. The summed E-state index contributed by atoms with van der Waals surface area (Å²) in [6.45, 7) is 4.17. The van der Waals surface area contributed by atoms with Gasteiger partial charge in [0.1, 0.15) is 6.04 Å². The first kappa shape index (κ1) is 17.0. The lowest BCUT2D eigenvalue weighted by atomic mass is 9.96. The number of hydrogen-bond acceptors (Lipinski definition) is 3. The first-order valence-corrected chi connectivity index (χ1v) is 10.0. The van der Waals surface area contributed by atoms with Crippen molar-refractivity contribution in [1.29, 1.82) is 0 Å². The maximum Gasteiger partial charge on any atom is 0.139 e. The minimum atomic E-state index is 0.390. The third-order valence-corrected chi connectivity index (χ3v) is 5.75. The zero-order valence-electron chi connectivity index (χ0n) is 14.8. The molecule has 0 bridgehead atoms. The second kappa shape index (κ2) is 8.30. The highest BCUT2D eigenvalue weighted by molar-refractivity contribution is 7.11. The van der Waals surface area contributed by atoms with Gasteiger partial charge in [0.2, 0.25) is 0 Å². The molecule has 3 nitrogen and oxygen atoms in total. The number of piperazine rings is 1. The molecule has 0 amide bonds. The van der Waals surface area contributed by atoms with Gasteiger partial charge >= 0.3 is 0 Å². The maximum atomic E-state index is 4.67. The van der Waals surface area contributed by atoms with E-state index in [2.05, 4.69) is 88.3 Å². The lowest BCUT2D eigenvalue weighted by molar-refractivity contribution is -0.929. The molecule has 26 heavy (non-hydrogen) atoms. The Morgan fingerprint density at radius 2 is 1.46 bits per heavy atom. The quantitative estimate of drug-likeness (QED) is 0.692. The van der Waals surface area contributed by atoms with Gasteiger partial charge in [-0.3, -0.25) is 5.01 Å². The van der Waals surface area contributed by atoms with Gasteiger partial charge < -0.3 is 4.90 Å². The number of quaternary nitrogens is 1. The van der Waals surface area contributed by atoms with E-state index in [-0.39, 0.29) is 0 Å². The molecule has 0 aliphatic carbocycles. The number of hydrogen-bond donors (Lipinski definition) is 1. The average molecular weight is 363 g/mol. The standard InChI is InChI=1S/C22H23N3S/c1-3-8-19(9-4-1)22(20-10-5-2-6-11-20)24-13-15-25(16-14-24)23-18-21-12-7-17-26-21/h1-12,17-18,22H,13-16H2/p+1. The molecule has 132 valence electrons. The number of thiophene rings is 1. The largest absolute Gasteiger partial charge is 0.322 e. The van der Waals surface area contributed by atoms with E-state index in [0.717, 1.165) is 26.2 Å². The molecular weight excluding hydrogens is 338 g/mol. The molecule has 3 aromatic rings. The van der Waals surface area contributed by atoms with Crippen LogP contribution in [0, 0.1) is 0 Å². The summed E-state index contributed by atoms with van der Waals surface area (Å²) in [4.78, 5) is 2.83. The summed E-state index contributed by atoms with van der Waals surface area (Å²) in [5.41, 5.74) is 2.79. The van der Waals surface area contributed by atoms with E-state index in [4.69, 9.17) is 0 Å². The third-order valence-electron chi connectivity index (χ3n) is 4.95. The Hall–Kier alpha value is -2.43. The van der Waals surface area contributed by atoms with E-state index < -0.39 is 0 Å². The van der Waals surface area contributed by atoms with Gasteiger partial charge in [-0.1, -0.05) is 66.7 Å². The lowest BCUT2D eigenvalue weighted by Crippen LogP contribution is -3.15. The summed E-state index contributed by atoms with van der Waals surface area (Å²) in [5, 5.41) is 8.97. The van der Waals surface area contributed by atoms with Crippen molar-refractivity contribution in [2.24, 2.45) is 5.10 Å². The third kappa shape index (κ3) is 4.03. The molecule has 1 aromatic heterocycles. The highest BCUT2D eigenvalue weighted by Crippen LogP contribution is 2.19. The van der Waals surface area contributed by atoms with Crippen LogP contribution in [0.2, 0.25) is 0 Å². The van der Waals surface area contributed by atoms with Crippen LogP contribution in [0.15, 0.2) is 83.3 Å². The predicted molar refractivity (Wildman–Crippen MR) is 109 cm³/mol. The van der Waals surface area contributed by atoms with Crippen LogP contribution in [0.25, 0.3) is 0 Å². The topological polar surface area (TPSA) is 20.0 Å². The molecule has 1 saturated heterocycles. The van der Waals surface area contributed by atoms with Crippen LogP contribution >= 0.6 is 11.3 Å². The summed E-state index contributed by atoms with van der Waals surface area (Å²) in [6.07, 6.45) is 1.99. The highest BCUT2D eigenvalue weighted by atomic mass is 32.1. The molecule has 0 atom stereocenters. The second-order valence-corrected chi connectivity index (χ2v) is 7.61. The molecule has 0 unspecified atom stereocenters. The second-order valence-electron chi connectivity index (χ2n) is 6.63. The van der Waals surface area contributed by atoms with Crippen LogP contribution in [0.1, 0.15) is 22.0 Å². The number of nitrogens with one attached hydrogen (secondary N) is 1. The number of nitrogens with zero attached hydrogens (tertiary/aromatic N) is 2. The van der Waals surface area contributed by atoms with Crippen LogP contribution in [0.3, 0.4) is 0 Å². The van der Waals surface area contributed by atoms with E-state index >= 15 is 0 Å². The Labute approximate surface area is 159 Å². The first-order valence-electron chi connectivity index (χ1n) is 9.17. The Morgan fingerprint density at radius 1 is 0.846 bits per heavy atom. The SMILES string of the molecule is C(=NN1CC[NH+](C(c2ccccc2)c2ccccc2)CC1)c1cccs1. The highest BCUT2D eigenvalue weighted by Gasteiger charge is 2.29. The van der Waals surface area contributed by atoms with Gasteiger partial charge in [0.05, 0.1) is 32.4 Å². The van der Waals surface area contributed by atoms with E-state index in [0.29, 0.717) is 6.04 Å². The van der Waals surface area contributed by atoms with E-state index in [1.807, 2.05) is 6.21 Å².